The van der Waals surface area contributed by atoms with E-state index in [-0.39, 0.29) is 18.0 Å². The zero-order valence-electron chi connectivity index (χ0n) is 11.9. The number of rotatable bonds is 6. The van der Waals surface area contributed by atoms with Gasteiger partial charge in [-0.15, -0.1) is 0 Å². The van der Waals surface area contributed by atoms with Gasteiger partial charge in [-0.1, -0.05) is 18.2 Å². The largest absolute Gasteiger partial charge is 0.492 e. The van der Waals surface area contributed by atoms with Gasteiger partial charge in [0.25, 0.3) is 0 Å². The lowest BCUT2D eigenvalue weighted by Gasteiger charge is -2.17. The predicted octanol–water partition coefficient (Wildman–Crippen LogP) is 2.66. The number of para-hydroxylation sites is 1. The number of ether oxygens (including phenoxy) is 1. The molecule has 0 atom stereocenters. The van der Waals surface area contributed by atoms with Gasteiger partial charge in [0, 0.05) is 13.6 Å². The quantitative estimate of drug-likeness (QED) is 0.819. The molecule has 2 aromatic carbocycles. The molecule has 7 heteroatoms. The van der Waals surface area contributed by atoms with Crippen LogP contribution in [0.1, 0.15) is 0 Å². The molecule has 0 spiro atoms. The number of sulfonamides is 1. The molecule has 0 radical (unpaired) electrons. The minimum Gasteiger partial charge on any atom is -0.492 e. The minimum atomic E-state index is -3.89. The Bertz CT molecular complexity index is 736. The highest BCUT2D eigenvalue weighted by Gasteiger charge is 2.22. The third-order valence-corrected chi connectivity index (χ3v) is 4.87. The molecule has 0 amide bonds. The fourth-order valence-electron chi connectivity index (χ4n) is 1.75. The van der Waals surface area contributed by atoms with Gasteiger partial charge >= 0.3 is 0 Å². The molecular weight excluding hydrogens is 312 g/mol. The Morgan fingerprint density at radius 2 is 1.73 bits per heavy atom. The molecule has 118 valence electrons. The van der Waals surface area contributed by atoms with Gasteiger partial charge in [-0.05, 0) is 30.3 Å². The summed E-state index contributed by atoms with van der Waals surface area (Å²) in [6.45, 7) is 0.222. The van der Waals surface area contributed by atoms with Crippen LogP contribution < -0.4 is 4.74 Å². The van der Waals surface area contributed by atoms with Crippen LogP contribution in [-0.4, -0.2) is 32.9 Å². The SMILES string of the molecule is CN(CCOc1ccccc1)S(=O)(=O)c1ccc(F)c(F)c1. The third kappa shape index (κ3) is 3.80. The molecule has 0 aliphatic heterocycles. The van der Waals surface area contributed by atoms with Crippen LogP contribution in [0.5, 0.6) is 5.75 Å². The van der Waals surface area contributed by atoms with Crippen molar-refractivity contribution in [3.63, 3.8) is 0 Å². The summed E-state index contributed by atoms with van der Waals surface area (Å²) in [5.74, 6) is -1.66. The second-order valence-corrected chi connectivity index (χ2v) is 6.61. The summed E-state index contributed by atoms with van der Waals surface area (Å²) in [6.07, 6.45) is 0. The van der Waals surface area contributed by atoms with Crippen molar-refractivity contribution in [2.24, 2.45) is 0 Å². The molecule has 4 nitrogen and oxygen atoms in total. The molecule has 0 aliphatic carbocycles. The summed E-state index contributed by atoms with van der Waals surface area (Å²) in [4.78, 5) is -0.298. The van der Waals surface area contributed by atoms with Crippen LogP contribution in [-0.2, 0) is 10.0 Å². The standard InChI is InChI=1S/C15H15F2NO3S/c1-18(9-10-21-12-5-3-2-4-6-12)22(19,20)13-7-8-14(16)15(17)11-13/h2-8,11H,9-10H2,1H3. The lowest BCUT2D eigenvalue weighted by molar-refractivity contribution is 0.287. The second kappa shape index (κ2) is 6.85. The van der Waals surface area contributed by atoms with Crippen LogP contribution >= 0.6 is 0 Å². The highest BCUT2D eigenvalue weighted by atomic mass is 32.2. The Labute approximate surface area is 128 Å². The van der Waals surface area contributed by atoms with Gasteiger partial charge < -0.3 is 4.74 Å². The van der Waals surface area contributed by atoms with Crippen LogP contribution in [0.15, 0.2) is 53.4 Å². The van der Waals surface area contributed by atoms with E-state index in [0.29, 0.717) is 11.8 Å². The lowest BCUT2D eigenvalue weighted by atomic mass is 10.3. The first kappa shape index (κ1) is 16.4. The van der Waals surface area contributed by atoms with Gasteiger partial charge in [0.15, 0.2) is 11.6 Å². The highest BCUT2D eigenvalue weighted by Crippen LogP contribution is 2.17. The van der Waals surface area contributed by atoms with Gasteiger partial charge in [0.1, 0.15) is 12.4 Å². The molecule has 2 aromatic rings. The van der Waals surface area contributed by atoms with Crippen LogP contribution in [0.3, 0.4) is 0 Å². The zero-order chi connectivity index (χ0) is 16.2. The van der Waals surface area contributed by atoms with Crippen LogP contribution in [0.2, 0.25) is 0 Å². The number of hydrogen-bond donors (Lipinski definition) is 0. The average Bonchev–Trinajstić information content (AvgIpc) is 2.50. The molecule has 0 fully saturated rings. The average molecular weight is 327 g/mol. The molecule has 0 heterocycles. The summed E-state index contributed by atoms with van der Waals surface area (Å²) in [5, 5.41) is 0. The maximum absolute atomic E-state index is 13.2. The van der Waals surface area contributed by atoms with E-state index in [2.05, 4.69) is 0 Å². The van der Waals surface area contributed by atoms with E-state index < -0.39 is 21.7 Å². The van der Waals surface area contributed by atoms with E-state index in [1.807, 2.05) is 6.07 Å². The fourth-order valence-corrected chi connectivity index (χ4v) is 2.91. The Kier molecular flexibility index (Phi) is 5.10. The van der Waals surface area contributed by atoms with Gasteiger partial charge in [0.2, 0.25) is 10.0 Å². The summed E-state index contributed by atoms with van der Waals surface area (Å²) < 4.78 is 56.9. The van der Waals surface area contributed by atoms with Crippen LogP contribution in [0, 0.1) is 11.6 Å². The molecule has 0 aromatic heterocycles. The van der Waals surface area contributed by atoms with E-state index in [1.54, 1.807) is 24.3 Å². The van der Waals surface area contributed by atoms with Gasteiger partial charge in [-0.25, -0.2) is 17.2 Å². The maximum atomic E-state index is 13.2. The predicted molar refractivity (Wildman–Crippen MR) is 78.1 cm³/mol. The summed E-state index contributed by atoms with van der Waals surface area (Å²) in [5.41, 5.74) is 0. The molecule has 0 saturated heterocycles. The number of hydrogen-bond acceptors (Lipinski definition) is 3. The van der Waals surface area contributed by atoms with Gasteiger partial charge in [-0.2, -0.15) is 4.31 Å². The Morgan fingerprint density at radius 3 is 2.36 bits per heavy atom. The van der Waals surface area contributed by atoms with Crippen molar-refractivity contribution >= 4 is 10.0 Å². The first-order valence-electron chi connectivity index (χ1n) is 6.50. The first-order valence-corrected chi connectivity index (χ1v) is 7.94. The topological polar surface area (TPSA) is 46.6 Å². The minimum absolute atomic E-state index is 0.0796. The number of halogens is 2. The molecular formula is C15H15F2NO3S. The second-order valence-electron chi connectivity index (χ2n) is 4.56. The Morgan fingerprint density at radius 1 is 1.05 bits per heavy atom. The molecule has 0 bridgehead atoms. The normalized spacial score (nSPS) is 11.6. The first-order chi connectivity index (χ1) is 10.4. The number of likely N-dealkylation sites (N-methyl/N-ethyl adjacent to an activating group) is 1. The Hall–Kier alpha value is -1.99. The smallest absolute Gasteiger partial charge is 0.243 e. The van der Waals surface area contributed by atoms with E-state index >= 15 is 0 Å². The Balaban J connectivity index is 2.01. The van der Waals surface area contributed by atoms with Crippen molar-refractivity contribution in [1.82, 2.24) is 4.31 Å². The highest BCUT2D eigenvalue weighted by molar-refractivity contribution is 7.89. The monoisotopic (exact) mass is 327 g/mol. The van der Waals surface area contributed by atoms with E-state index in [9.17, 15) is 17.2 Å². The van der Waals surface area contributed by atoms with Crippen molar-refractivity contribution < 1.29 is 21.9 Å². The van der Waals surface area contributed by atoms with Gasteiger partial charge in [0.05, 0.1) is 4.90 Å². The molecule has 0 unspecified atom stereocenters. The van der Waals surface area contributed by atoms with Crippen molar-refractivity contribution in [3.8, 4) is 5.75 Å². The molecule has 22 heavy (non-hydrogen) atoms. The molecule has 0 aliphatic rings. The van der Waals surface area contributed by atoms with Crippen LogP contribution in [0.25, 0.3) is 0 Å². The third-order valence-electron chi connectivity index (χ3n) is 3.02. The molecule has 0 N–H and O–H groups in total. The van der Waals surface area contributed by atoms with Crippen molar-refractivity contribution in [3.05, 3.63) is 60.2 Å². The number of nitrogens with zero attached hydrogens (tertiary/aromatic N) is 1. The lowest BCUT2D eigenvalue weighted by Crippen LogP contribution is -2.31. The zero-order valence-corrected chi connectivity index (χ0v) is 12.7. The van der Waals surface area contributed by atoms with Crippen molar-refractivity contribution in [1.29, 1.82) is 0 Å². The van der Waals surface area contributed by atoms with Crippen LogP contribution in [0.4, 0.5) is 8.78 Å². The van der Waals surface area contributed by atoms with Crippen molar-refractivity contribution in [2.45, 2.75) is 4.90 Å². The summed E-state index contributed by atoms with van der Waals surface area (Å²) >= 11 is 0. The van der Waals surface area contributed by atoms with Gasteiger partial charge in [-0.3, -0.25) is 0 Å². The molecule has 2 rings (SSSR count). The summed E-state index contributed by atoms with van der Waals surface area (Å²) in [7, 11) is -2.53. The van der Waals surface area contributed by atoms with E-state index in [4.69, 9.17) is 4.74 Å². The van der Waals surface area contributed by atoms with E-state index in [0.717, 1.165) is 16.4 Å². The number of benzene rings is 2. The maximum Gasteiger partial charge on any atom is 0.243 e. The molecule has 0 saturated carbocycles. The van der Waals surface area contributed by atoms with E-state index in [1.165, 1.54) is 7.05 Å². The summed E-state index contributed by atoms with van der Waals surface area (Å²) in [6, 6.07) is 11.4. The fraction of sp³-hybridized carbons (Fsp3) is 0.200. The van der Waals surface area contributed by atoms with Crippen molar-refractivity contribution in [2.75, 3.05) is 20.2 Å².